The molecule has 0 fully saturated rings. The lowest BCUT2D eigenvalue weighted by Gasteiger charge is -2.10. The number of anilines is 1. The Bertz CT molecular complexity index is 737. The fourth-order valence-corrected chi connectivity index (χ4v) is 3.13. The summed E-state index contributed by atoms with van der Waals surface area (Å²) in [6.07, 6.45) is 2.15. The van der Waals surface area contributed by atoms with Crippen LogP contribution in [0.15, 0.2) is 41.6 Å². The Hall–Kier alpha value is -1.70. The van der Waals surface area contributed by atoms with E-state index < -0.39 is 15.8 Å². The predicted molar refractivity (Wildman–Crippen MR) is 72.4 cm³/mol. The van der Waals surface area contributed by atoms with E-state index in [1.165, 1.54) is 30.5 Å². The van der Waals surface area contributed by atoms with Crippen molar-refractivity contribution in [2.45, 2.75) is 11.5 Å². The summed E-state index contributed by atoms with van der Waals surface area (Å²) in [7, 11) is -4.06. The van der Waals surface area contributed by atoms with Crippen LogP contribution >= 0.6 is 11.6 Å². The highest BCUT2D eigenvalue weighted by molar-refractivity contribution is 7.92. The molecule has 0 atom stereocenters. The Labute approximate surface area is 120 Å². The standard InChI is InChI=1S/C12H10ClFN2O3S/c13-9-2-1-8(7-17)5-12(9)20(18,19)16-11-3-4-15-6-10(11)14/h1-6,17H,7H2,(H,15,16). The van der Waals surface area contributed by atoms with Gasteiger partial charge in [-0.25, -0.2) is 12.8 Å². The Morgan fingerprint density at radius 2 is 2.10 bits per heavy atom. The number of sulfonamides is 1. The Kier molecular flexibility index (Phi) is 4.22. The molecule has 0 aliphatic rings. The maximum Gasteiger partial charge on any atom is 0.263 e. The van der Waals surface area contributed by atoms with Crippen molar-refractivity contribution in [3.8, 4) is 0 Å². The second-order valence-corrected chi connectivity index (χ2v) is 5.94. The summed E-state index contributed by atoms with van der Waals surface area (Å²) in [6, 6.07) is 5.26. The molecule has 106 valence electrons. The molecule has 2 aromatic rings. The van der Waals surface area contributed by atoms with Gasteiger partial charge in [-0.1, -0.05) is 17.7 Å². The van der Waals surface area contributed by atoms with Gasteiger partial charge in [0, 0.05) is 6.20 Å². The summed E-state index contributed by atoms with van der Waals surface area (Å²) < 4.78 is 39.9. The molecule has 0 saturated carbocycles. The van der Waals surface area contributed by atoms with Crippen LogP contribution in [-0.4, -0.2) is 18.5 Å². The molecule has 8 heteroatoms. The maximum absolute atomic E-state index is 13.4. The van der Waals surface area contributed by atoms with Crippen molar-refractivity contribution in [3.63, 3.8) is 0 Å². The number of pyridine rings is 1. The molecular weight excluding hydrogens is 307 g/mol. The second kappa shape index (κ2) is 5.74. The number of aliphatic hydroxyl groups is 1. The molecule has 2 N–H and O–H groups in total. The fraction of sp³-hybridized carbons (Fsp3) is 0.0833. The first-order valence-corrected chi connectivity index (χ1v) is 7.32. The zero-order valence-corrected chi connectivity index (χ0v) is 11.6. The molecule has 1 heterocycles. The number of nitrogens with one attached hydrogen (secondary N) is 1. The number of hydrogen-bond acceptors (Lipinski definition) is 4. The van der Waals surface area contributed by atoms with E-state index in [4.69, 9.17) is 16.7 Å². The van der Waals surface area contributed by atoms with Gasteiger partial charge in [0.15, 0.2) is 5.82 Å². The van der Waals surface area contributed by atoms with E-state index in [1.807, 2.05) is 0 Å². The minimum absolute atomic E-state index is 0.0239. The molecule has 2 rings (SSSR count). The molecule has 1 aromatic heterocycles. The van der Waals surface area contributed by atoms with Crippen LogP contribution in [0.2, 0.25) is 5.02 Å². The number of nitrogens with zero attached hydrogens (tertiary/aromatic N) is 1. The van der Waals surface area contributed by atoms with Crippen LogP contribution in [-0.2, 0) is 16.6 Å². The highest BCUT2D eigenvalue weighted by Gasteiger charge is 2.20. The van der Waals surface area contributed by atoms with Gasteiger partial charge < -0.3 is 5.11 Å². The molecule has 1 aromatic carbocycles. The van der Waals surface area contributed by atoms with Crippen molar-refractivity contribution in [1.29, 1.82) is 0 Å². The van der Waals surface area contributed by atoms with Gasteiger partial charge >= 0.3 is 0 Å². The summed E-state index contributed by atoms with van der Waals surface area (Å²) in [5.41, 5.74) is 0.149. The average Bonchev–Trinajstić information content (AvgIpc) is 2.41. The lowest BCUT2D eigenvalue weighted by molar-refractivity contribution is 0.281. The van der Waals surface area contributed by atoms with Crippen LogP contribution in [0.25, 0.3) is 0 Å². The lowest BCUT2D eigenvalue weighted by Crippen LogP contribution is -2.15. The maximum atomic E-state index is 13.4. The molecule has 0 unspecified atom stereocenters. The molecule has 0 aliphatic carbocycles. The third-order valence-electron chi connectivity index (χ3n) is 2.48. The zero-order valence-electron chi connectivity index (χ0n) is 10.0. The smallest absolute Gasteiger partial charge is 0.263 e. The van der Waals surface area contributed by atoms with E-state index in [0.29, 0.717) is 5.56 Å². The number of rotatable bonds is 4. The molecule has 20 heavy (non-hydrogen) atoms. The Balaban J connectivity index is 2.43. The van der Waals surface area contributed by atoms with Gasteiger partial charge in [-0.15, -0.1) is 0 Å². The quantitative estimate of drug-likeness (QED) is 0.906. The van der Waals surface area contributed by atoms with Gasteiger partial charge in [0.1, 0.15) is 4.90 Å². The van der Waals surface area contributed by atoms with Crippen LogP contribution in [0.5, 0.6) is 0 Å². The van der Waals surface area contributed by atoms with Gasteiger partial charge in [0.05, 0.1) is 23.5 Å². The first-order chi connectivity index (χ1) is 9.44. The van der Waals surface area contributed by atoms with Gasteiger partial charge in [-0.3, -0.25) is 9.71 Å². The Morgan fingerprint density at radius 1 is 1.35 bits per heavy atom. The van der Waals surface area contributed by atoms with E-state index in [0.717, 1.165) is 6.20 Å². The highest BCUT2D eigenvalue weighted by atomic mass is 35.5. The number of aromatic nitrogens is 1. The van der Waals surface area contributed by atoms with E-state index in [1.54, 1.807) is 0 Å². The molecule has 0 bridgehead atoms. The van der Waals surface area contributed by atoms with Gasteiger partial charge in [0.2, 0.25) is 0 Å². The van der Waals surface area contributed by atoms with Crippen LogP contribution in [0.1, 0.15) is 5.56 Å². The van der Waals surface area contributed by atoms with E-state index >= 15 is 0 Å². The van der Waals surface area contributed by atoms with Crippen LogP contribution in [0.4, 0.5) is 10.1 Å². The summed E-state index contributed by atoms with van der Waals surface area (Å²) in [4.78, 5) is 3.29. The van der Waals surface area contributed by atoms with Gasteiger partial charge in [-0.2, -0.15) is 0 Å². The third kappa shape index (κ3) is 3.06. The van der Waals surface area contributed by atoms with E-state index in [9.17, 15) is 12.8 Å². The van der Waals surface area contributed by atoms with Crippen molar-refractivity contribution in [1.82, 2.24) is 4.98 Å². The lowest BCUT2D eigenvalue weighted by atomic mass is 10.2. The molecule has 0 radical (unpaired) electrons. The molecule has 5 nitrogen and oxygen atoms in total. The Morgan fingerprint density at radius 3 is 2.75 bits per heavy atom. The van der Waals surface area contributed by atoms with Crippen LogP contribution in [0, 0.1) is 5.82 Å². The van der Waals surface area contributed by atoms with Gasteiger partial charge in [0.25, 0.3) is 10.0 Å². The van der Waals surface area contributed by atoms with Crippen molar-refractivity contribution in [2.24, 2.45) is 0 Å². The average molecular weight is 317 g/mol. The van der Waals surface area contributed by atoms with E-state index in [2.05, 4.69) is 9.71 Å². The minimum Gasteiger partial charge on any atom is -0.392 e. The SMILES string of the molecule is O=S(=O)(Nc1ccncc1F)c1cc(CO)ccc1Cl. The third-order valence-corrected chi connectivity index (χ3v) is 4.33. The number of benzene rings is 1. The molecule has 0 amide bonds. The van der Waals surface area contributed by atoms with Crippen molar-refractivity contribution >= 4 is 27.3 Å². The summed E-state index contributed by atoms with van der Waals surface area (Å²) in [5, 5.41) is 9.00. The van der Waals surface area contributed by atoms with Crippen molar-refractivity contribution in [3.05, 3.63) is 53.1 Å². The van der Waals surface area contributed by atoms with Crippen molar-refractivity contribution < 1.29 is 17.9 Å². The zero-order chi connectivity index (χ0) is 14.8. The monoisotopic (exact) mass is 316 g/mol. The van der Waals surface area contributed by atoms with Crippen LogP contribution < -0.4 is 4.72 Å². The molecule has 0 saturated heterocycles. The largest absolute Gasteiger partial charge is 0.392 e. The number of hydrogen-bond donors (Lipinski definition) is 2. The molecule has 0 aliphatic heterocycles. The van der Waals surface area contributed by atoms with Crippen LogP contribution in [0.3, 0.4) is 0 Å². The number of aliphatic hydroxyl groups excluding tert-OH is 1. The predicted octanol–water partition coefficient (Wildman–Crippen LogP) is 2.17. The molecular formula is C12H10ClFN2O3S. The van der Waals surface area contributed by atoms with Crippen molar-refractivity contribution in [2.75, 3.05) is 4.72 Å². The summed E-state index contributed by atoms with van der Waals surface area (Å²) in [6.45, 7) is -0.330. The normalized spacial score (nSPS) is 11.3. The van der Waals surface area contributed by atoms with Gasteiger partial charge in [-0.05, 0) is 23.8 Å². The topological polar surface area (TPSA) is 79.3 Å². The second-order valence-electron chi connectivity index (χ2n) is 3.88. The number of halogens is 2. The van der Waals surface area contributed by atoms with E-state index in [-0.39, 0.29) is 22.2 Å². The minimum atomic E-state index is -4.06. The first-order valence-electron chi connectivity index (χ1n) is 5.45. The summed E-state index contributed by atoms with van der Waals surface area (Å²) in [5.74, 6) is -0.800. The molecule has 0 spiro atoms. The fourth-order valence-electron chi connectivity index (χ4n) is 1.51. The first kappa shape index (κ1) is 14.7. The summed E-state index contributed by atoms with van der Waals surface area (Å²) >= 11 is 5.84. The highest BCUT2D eigenvalue weighted by Crippen LogP contribution is 2.25.